The maximum atomic E-state index is 11.9. The van der Waals surface area contributed by atoms with Gasteiger partial charge in [0.25, 0.3) is 5.91 Å². The molecule has 3 rings (SSSR count). The Morgan fingerprint density at radius 1 is 1.14 bits per heavy atom. The van der Waals surface area contributed by atoms with E-state index in [1.807, 2.05) is 6.07 Å². The van der Waals surface area contributed by atoms with Gasteiger partial charge in [0.05, 0.1) is 6.42 Å². The number of amides is 2. The second-order valence-corrected chi connectivity index (χ2v) is 5.67. The predicted octanol–water partition coefficient (Wildman–Crippen LogP) is 1.04. The standard InChI is InChI=1S/C16H20N2O3/c19-15(17-18-16(20)14-5-2-8-21-14)10-11-6-7-12-3-1-4-13(12)9-11/h6-7,9,14H,1-5,8,10H2,(H,17,19)(H,18,20)/t14-/m0/s1. The van der Waals surface area contributed by atoms with Gasteiger partial charge in [0.2, 0.25) is 5.91 Å². The summed E-state index contributed by atoms with van der Waals surface area (Å²) in [6.45, 7) is 0.612. The van der Waals surface area contributed by atoms with Crippen molar-refractivity contribution >= 4 is 11.8 Å². The lowest BCUT2D eigenvalue weighted by molar-refractivity contribution is -0.134. The number of carbonyl (C=O) groups is 2. The van der Waals surface area contributed by atoms with Gasteiger partial charge in [0.15, 0.2) is 0 Å². The molecule has 5 heteroatoms. The third-order valence-corrected chi connectivity index (χ3v) is 4.07. The van der Waals surface area contributed by atoms with E-state index in [4.69, 9.17) is 4.74 Å². The molecular formula is C16H20N2O3. The second-order valence-electron chi connectivity index (χ2n) is 5.67. The van der Waals surface area contributed by atoms with Crippen LogP contribution in [0, 0.1) is 0 Å². The van der Waals surface area contributed by atoms with Crippen LogP contribution in [-0.4, -0.2) is 24.5 Å². The van der Waals surface area contributed by atoms with Gasteiger partial charge in [-0.1, -0.05) is 18.2 Å². The lowest BCUT2D eigenvalue weighted by Gasteiger charge is -2.11. The Morgan fingerprint density at radius 2 is 2.00 bits per heavy atom. The number of aryl methyl sites for hydroxylation is 2. The molecule has 1 atom stereocenters. The molecule has 21 heavy (non-hydrogen) atoms. The third kappa shape index (κ3) is 3.42. The number of ether oxygens (including phenoxy) is 1. The lowest BCUT2D eigenvalue weighted by Crippen LogP contribution is -2.46. The molecule has 1 aliphatic carbocycles. The van der Waals surface area contributed by atoms with Crippen molar-refractivity contribution in [3.05, 3.63) is 34.9 Å². The number of rotatable bonds is 3. The largest absolute Gasteiger partial charge is 0.368 e. The maximum Gasteiger partial charge on any atom is 0.267 e. The molecule has 2 amide bonds. The van der Waals surface area contributed by atoms with Crippen LogP contribution in [0.1, 0.15) is 36.0 Å². The van der Waals surface area contributed by atoms with Gasteiger partial charge in [0, 0.05) is 6.61 Å². The number of nitrogens with one attached hydrogen (secondary N) is 2. The number of hydrogen-bond acceptors (Lipinski definition) is 3. The first kappa shape index (κ1) is 14.1. The van der Waals surface area contributed by atoms with Crippen LogP contribution < -0.4 is 10.9 Å². The van der Waals surface area contributed by atoms with E-state index in [0.717, 1.165) is 24.8 Å². The molecule has 112 valence electrons. The molecule has 0 radical (unpaired) electrons. The van der Waals surface area contributed by atoms with Gasteiger partial charge in [-0.15, -0.1) is 0 Å². The van der Waals surface area contributed by atoms with Crippen molar-refractivity contribution in [2.24, 2.45) is 0 Å². The average molecular weight is 288 g/mol. The minimum Gasteiger partial charge on any atom is -0.368 e. The Morgan fingerprint density at radius 3 is 2.81 bits per heavy atom. The van der Waals surface area contributed by atoms with Crippen molar-refractivity contribution in [2.75, 3.05) is 6.61 Å². The van der Waals surface area contributed by atoms with Crippen LogP contribution in [0.4, 0.5) is 0 Å². The summed E-state index contributed by atoms with van der Waals surface area (Å²) >= 11 is 0. The molecule has 1 fully saturated rings. The predicted molar refractivity (Wildman–Crippen MR) is 77.4 cm³/mol. The van der Waals surface area contributed by atoms with Gasteiger partial charge in [0.1, 0.15) is 6.10 Å². The second kappa shape index (κ2) is 6.26. The zero-order valence-electron chi connectivity index (χ0n) is 12.0. The molecule has 0 spiro atoms. The first-order valence-electron chi connectivity index (χ1n) is 7.53. The van der Waals surface area contributed by atoms with Crippen molar-refractivity contribution in [3.63, 3.8) is 0 Å². The Labute approximate surface area is 124 Å². The van der Waals surface area contributed by atoms with Crippen molar-refractivity contribution in [3.8, 4) is 0 Å². The van der Waals surface area contributed by atoms with E-state index in [-0.39, 0.29) is 18.2 Å². The zero-order chi connectivity index (χ0) is 14.7. The van der Waals surface area contributed by atoms with Crippen molar-refractivity contribution in [1.82, 2.24) is 10.9 Å². The number of benzene rings is 1. The van der Waals surface area contributed by atoms with E-state index in [1.165, 1.54) is 17.5 Å². The summed E-state index contributed by atoms with van der Waals surface area (Å²) in [5.74, 6) is -0.478. The summed E-state index contributed by atoms with van der Waals surface area (Å²) in [5.41, 5.74) is 8.62. The zero-order valence-corrected chi connectivity index (χ0v) is 12.0. The molecule has 5 nitrogen and oxygen atoms in total. The molecule has 0 saturated carbocycles. The molecule has 1 saturated heterocycles. The van der Waals surface area contributed by atoms with E-state index >= 15 is 0 Å². The molecule has 1 heterocycles. The van der Waals surface area contributed by atoms with E-state index in [0.29, 0.717) is 13.0 Å². The number of fused-ring (bicyclic) bond motifs is 1. The molecule has 0 aromatic heterocycles. The summed E-state index contributed by atoms with van der Waals surface area (Å²) in [4.78, 5) is 23.6. The van der Waals surface area contributed by atoms with Crippen molar-refractivity contribution in [2.45, 2.75) is 44.6 Å². The molecule has 0 bridgehead atoms. The smallest absolute Gasteiger partial charge is 0.267 e. The third-order valence-electron chi connectivity index (χ3n) is 4.07. The van der Waals surface area contributed by atoms with Gasteiger partial charge in [-0.25, -0.2) is 0 Å². The minimum absolute atomic E-state index is 0.209. The fraction of sp³-hybridized carbons (Fsp3) is 0.500. The number of carbonyl (C=O) groups excluding carboxylic acids is 2. The fourth-order valence-corrected chi connectivity index (χ4v) is 2.96. The highest BCUT2D eigenvalue weighted by molar-refractivity contribution is 5.85. The summed E-state index contributed by atoms with van der Waals surface area (Å²) in [7, 11) is 0. The Bertz CT molecular complexity index is 550. The first-order chi connectivity index (χ1) is 10.2. The Balaban J connectivity index is 1.48. The van der Waals surface area contributed by atoms with Gasteiger partial charge in [-0.3, -0.25) is 20.4 Å². The van der Waals surface area contributed by atoms with Gasteiger partial charge >= 0.3 is 0 Å². The van der Waals surface area contributed by atoms with Gasteiger partial charge in [-0.2, -0.15) is 0 Å². The van der Waals surface area contributed by atoms with E-state index in [2.05, 4.69) is 23.0 Å². The summed E-state index contributed by atoms with van der Waals surface area (Å²) in [6.07, 6.45) is 4.89. The van der Waals surface area contributed by atoms with Crippen LogP contribution in [0.25, 0.3) is 0 Å². The lowest BCUT2D eigenvalue weighted by atomic mass is 10.0. The van der Waals surface area contributed by atoms with E-state index in [9.17, 15) is 9.59 Å². The highest BCUT2D eigenvalue weighted by Crippen LogP contribution is 2.22. The Kier molecular flexibility index (Phi) is 4.20. The van der Waals surface area contributed by atoms with Crippen LogP contribution in [0.3, 0.4) is 0 Å². The Hall–Kier alpha value is -1.88. The topological polar surface area (TPSA) is 67.4 Å². The van der Waals surface area contributed by atoms with Crippen molar-refractivity contribution < 1.29 is 14.3 Å². The molecule has 1 aliphatic heterocycles. The monoisotopic (exact) mass is 288 g/mol. The molecular weight excluding hydrogens is 268 g/mol. The molecule has 1 aromatic carbocycles. The van der Waals surface area contributed by atoms with Crippen LogP contribution >= 0.6 is 0 Å². The van der Waals surface area contributed by atoms with Crippen LogP contribution in [0.15, 0.2) is 18.2 Å². The van der Waals surface area contributed by atoms with Gasteiger partial charge in [-0.05, 0) is 48.8 Å². The minimum atomic E-state index is -0.426. The highest BCUT2D eigenvalue weighted by Gasteiger charge is 2.23. The summed E-state index contributed by atoms with van der Waals surface area (Å²) in [5, 5.41) is 0. The summed E-state index contributed by atoms with van der Waals surface area (Å²) < 4.78 is 5.25. The van der Waals surface area contributed by atoms with Gasteiger partial charge < -0.3 is 4.74 Å². The van der Waals surface area contributed by atoms with Crippen LogP contribution in [0.5, 0.6) is 0 Å². The highest BCUT2D eigenvalue weighted by atomic mass is 16.5. The first-order valence-corrected chi connectivity index (χ1v) is 7.53. The maximum absolute atomic E-state index is 11.9. The molecule has 0 unspecified atom stereocenters. The molecule has 1 aromatic rings. The van der Waals surface area contributed by atoms with Crippen molar-refractivity contribution in [1.29, 1.82) is 0 Å². The number of hydrogen-bond donors (Lipinski definition) is 2. The molecule has 2 aliphatic rings. The van der Waals surface area contributed by atoms with Crippen LogP contribution in [0.2, 0.25) is 0 Å². The van der Waals surface area contributed by atoms with Crippen LogP contribution in [-0.2, 0) is 33.6 Å². The molecule has 2 N–H and O–H groups in total. The fourth-order valence-electron chi connectivity index (χ4n) is 2.96. The summed E-state index contributed by atoms with van der Waals surface area (Å²) in [6, 6.07) is 6.20. The van der Waals surface area contributed by atoms with E-state index < -0.39 is 6.10 Å². The quantitative estimate of drug-likeness (QED) is 0.817. The number of hydrazine groups is 1. The normalized spacial score (nSPS) is 20.1. The SMILES string of the molecule is O=C(Cc1ccc2c(c1)CCC2)NNC(=O)[C@@H]1CCCO1. The average Bonchev–Trinajstić information content (AvgIpc) is 3.15. The van der Waals surface area contributed by atoms with E-state index in [1.54, 1.807) is 0 Å².